The fraction of sp³-hybridized carbons (Fsp3) is 0.312. The molecule has 0 fully saturated rings. The number of nitrogens with two attached hydrogens (primary N) is 1. The van der Waals surface area contributed by atoms with Gasteiger partial charge in [0.1, 0.15) is 0 Å². The summed E-state index contributed by atoms with van der Waals surface area (Å²) in [5.41, 5.74) is 9.62. The topological polar surface area (TPSA) is 38.9 Å². The van der Waals surface area contributed by atoms with Gasteiger partial charge in [-0.1, -0.05) is 49.7 Å². The van der Waals surface area contributed by atoms with E-state index in [2.05, 4.69) is 37.0 Å². The summed E-state index contributed by atoms with van der Waals surface area (Å²) in [7, 11) is 0. The molecular weight excluding hydrogens is 256 g/mol. The van der Waals surface area contributed by atoms with Gasteiger partial charge in [-0.15, -0.1) is 0 Å². The van der Waals surface area contributed by atoms with Crippen LogP contribution in [0, 0.1) is 5.92 Å². The standard InChI is InChI=1S/C16H19ClN2/c1-11(2)8-12-4-3-5-13(9-12)16(18)14-6-7-19-10-15(14)17/h3-7,9-11,16H,8,18H2,1-2H3. The molecule has 2 nitrogen and oxygen atoms in total. The summed E-state index contributed by atoms with van der Waals surface area (Å²) in [6.07, 6.45) is 4.42. The Labute approximate surface area is 119 Å². The summed E-state index contributed by atoms with van der Waals surface area (Å²) < 4.78 is 0. The molecule has 0 aliphatic carbocycles. The van der Waals surface area contributed by atoms with E-state index in [-0.39, 0.29) is 6.04 Å². The Balaban J connectivity index is 2.29. The molecule has 19 heavy (non-hydrogen) atoms. The largest absolute Gasteiger partial charge is 0.320 e. The molecule has 0 saturated heterocycles. The lowest BCUT2D eigenvalue weighted by molar-refractivity contribution is 0.646. The molecule has 2 N–H and O–H groups in total. The number of benzene rings is 1. The SMILES string of the molecule is CC(C)Cc1cccc(C(N)c2ccncc2Cl)c1. The third kappa shape index (κ3) is 3.55. The van der Waals surface area contributed by atoms with E-state index in [1.54, 1.807) is 12.4 Å². The molecule has 2 aromatic rings. The van der Waals surface area contributed by atoms with Crippen LogP contribution in [-0.2, 0) is 6.42 Å². The number of rotatable bonds is 4. The quantitative estimate of drug-likeness (QED) is 0.916. The molecule has 1 heterocycles. The van der Waals surface area contributed by atoms with Gasteiger partial charge < -0.3 is 5.73 Å². The normalized spacial score (nSPS) is 12.7. The van der Waals surface area contributed by atoms with Crippen LogP contribution in [-0.4, -0.2) is 4.98 Å². The molecule has 2 rings (SSSR count). The molecular formula is C16H19ClN2. The lowest BCUT2D eigenvalue weighted by Gasteiger charge is -2.15. The second kappa shape index (κ2) is 6.18. The first-order chi connectivity index (χ1) is 9.08. The highest BCUT2D eigenvalue weighted by Crippen LogP contribution is 2.26. The molecule has 1 aromatic carbocycles. The zero-order valence-corrected chi connectivity index (χ0v) is 12.1. The van der Waals surface area contributed by atoms with Gasteiger partial charge in [0.05, 0.1) is 11.1 Å². The van der Waals surface area contributed by atoms with Crippen molar-refractivity contribution in [2.24, 2.45) is 11.7 Å². The fourth-order valence-electron chi connectivity index (χ4n) is 2.20. The van der Waals surface area contributed by atoms with E-state index in [0.717, 1.165) is 17.5 Å². The average molecular weight is 275 g/mol. The van der Waals surface area contributed by atoms with Gasteiger partial charge in [0.15, 0.2) is 0 Å². The van der Waals surface area contributed by atoms with Crippen LogP contribution in [0.5, 0.6) is 0 Å². The van der Waals surface area contributed by atoms with Gasteiger partial charge in [0, 0.05) is 12.4 Å². The predicted molar refractivity (Wildman–Crippen MR) is 80.3 cm³/mol. The second-order valence-electron chi connectivity index (χ2n) is 5.22. The molecule has 0 saturated carbocycles. The Bertz CT molecular complexity index is 552. The Kier molecular flexibility index (Phi) is 4.56. The number of hydrogen-bond donors (Lipinski definition) is 1. The van der Waals surface area contributed by atoms with E-state index in [1.165, 1.54) is 5.56 Å². The van der Waals surface area contributed by atoms with Crippen molar-refractivity contribution in [2.45, 2.75) is 26.3 Å². The summed E-state index contributed by atoms with van der Waals surface area (Å²) >= 11 is 6.15. The molecule has 3 heteroatoms. The summed E-state index contributed by atoms with van der Waals surface area (Å²) in [6, 6.07) is 10.1. The Morgan fingerprint density at radius 1 is 1.26 bits per heavy atom. The van der Waals surface area contributed by atoms with Crippen LogP contribution in [0.15, 0.2) is 42.7 Å². The van der Waals surface area contributed by atoms with Crippen LogP contribution in [0.4, 0.5) is 0 Å². The van der Waals surface area contributed by atoms with Crippen molar-refractivity contribution in [3.05, 3.63) is 64.4 Å². The monoisotopic (exact) mass is 274 g/mol. The minimum atomic E-state index is -0.206. The summed E-state index contributed by atoms with van der Waals surface area (Å²) in [4.78, 5) is 3.99. The second-order valence-corrected chi connectivity index (χ2v) is 5.63. The van der Waals surface area contributed by atoms with Crippen molar-refractivity contribution in [3.8, 4) is 0 Å². The third-order valence-corrected chi connectivity index (χ3v) is 3.41. The zero-order chi connectivity index (χ0) is 13.8. The van der Waals surface area contributed by atoms with Crippen molar-refractivity contribution in [3.63, 3.8) is 0 Å². The highest BCUT2D eigenvalue weighted by Gasteiger charge is 2.12. The lowest BCUT2D eigenvalue weighted by Crippen LogP contribution is -2.13. The Morgan fingerprint density at radius 3 is 2.74 bits per heavy atom. The maximum atomic E-state index is 6.30. The number of hydrogen-bond acceptors (Lipinski definition) is 2. The smallest absolute Gasteiger partial charge is 0.0640 e. The predicted octanol–water partition coefficient (Wildman–Crippen LogP) is 3.98. The molecule has 1 aromatic heterocycles. The van der Waals surface area contributed by atoms with E-state index in [9.17, 15) is 0 Å². The maximum absolute atomic E-state index is 6.30. The van der Waals surface area contributed by atoms with Crippen molar-refractivity contribution in [1.29, 1.82) is 0 Å². The lowest BCUT2D eigenvalue weighted by atomic mass is 9.95. The van der Waals surface area contributed by atoms with E-state index in [4.69, 9.17) is 17.3 Å². The first kappa shape index (κ1) is 14.0. The minimum Gasteiger partial charge on any atom is -0.320 e. The highest BCUT2D eigenvalue weighted by atomic mass is 35.5. The molecule has 0 amide bonds. The van der Waals surface area contributed by atoms with Gasteiger partial charge >= 0.3 is 0 Å². The molecule has 100 valence electrons. The van der Waals surface area contributed by atoms with Gasteiger partial charge in [-0.2, -0.15) is 0 Å². The maximum Gasteiger partial charge on any atom is 0.0640 e. The van der Waals surface area contributed by atoms with Crippen LogP contribution in [0.1, 0.15) is 36.6 Å². The van der Waals surface area contributed by atoms with Gasteiger partial charge in [-0.3, -0.25) is 4.98 Å². The van der Waals surface area contributed by atoms with E-state index in [0.29, 0.717) is 10.9 Å². The average Bonchev–Trinajstić information content (AvgIpc) is 2.38. The van der Waals surface area contributed by atoms with E-state index in [1.807, 2.05) is 12.1 Å². The summed E-state index contributed by atoms with van der Waals surface area (Å²) in [6.45, 7) is 4.43. The van der Waals surface area contributed by atoms with Gasteiger partial charge in [0.2, 0.25) is 0 Å². The zero-order valence-electron chi connectivity index (χ0n) is 11.3. The van der Waals surface area contributed by atoms with E-state index < -0.39 is 0 Å². The molecule has 1 unspecified atom stereocenters. The van der Waals surface area contributed by atoms with Crippen LogP contribution in [0.25, 0.3) is 0 Å². The summed E-state index contributed by atoms with van der Waals surface area (Å²) in [5.74, 6) is 0.635. The van der Waals surface area contributed by atoms with Crippen LogP contribution in [0.2, 0.25) is 5.02 Å². The van der Waals surface area contributed by atoms with Gasteiger partial charge in [-0.25, -0.2) is 0 Å². The van der Waals surface area contributed by atoms with Crippen molar-refractivity contribution in [2.75, 3.05) is 0 Å². The van der Waals surface area contributed by atoms with Crippen molar-refractivity contribution >= 4 is 11.6 Å². The van der Waals surface area contributed by atoms with Crippen LogP contribution >= 0.6 is 11.6 Å². The molecule has 0 aliphatic rings. The number of pyridine rings is 1. The minimum absolute atomic E-state index is 0.206. The molecule has 0 bridgehead atoms. The highest BCUT2D eigenvalue weighted by molar-refractivity contribution is 6.31. The number of halogens is 1. The number of nitrogens with zero attached hydrogens (tertiary/aromatic N) is 1. The summed E-state index contributed by atoms with van der Waals surface area (Å²) in [5, 5.41) is 0.615. The first-order valence-corrected chi connectivity index (χ1v) is 6.89. The van der Waals surface area contributed by atoms with Crippen molar-refractivity contribution in [1.82, 2.24) is 4.98 Å². The molecule has 1 atom stereocenters. The fourth-order valence-corrected chi connectivity index (χ4v) is 2.44. The molecule has 0 aliphatic heterocycles. The third-order valence-electron chi connectivity index (χ3n) is 3.09. The first-order valence-electron chi connectivity index (χ1n) is 6.51. The Morgan fingerprint density at radius 2 is 2.05 bits per heavy atom. The molecule has 0 spiro atoms. The van der Waals surface area contributed by atoms with Gasteiger partial charge in [0.25, 0.3) is 0 Å². The van der Waals surface area contributed by atoms with Gasteiger partial charge in [-0.05, 0) is 35.1 Å². The van der Waals surface area contributed by atoms with Crippen LogP contribution in [0.3, 0.4) is 0 Å². The Hall–Kier alpha value is -1.38. The number of aromatic nitrogens is 1. The molecule has 0 radical (unpaired) electrons. The van der Waals surface area contributed by atoms with Crippen LogP contribution < -0.4 is 5.73 Å². The van der Waals surface area contributed by atoms with Crippen molar-refractivity contribution < 1.29 is 0 Å². The van der Waals surface area contributed by atoms with E-state index >= 15 is 0 Å².